The highest BCUT2D eigenvalue weighted by molar-refractivity contribution is 6.09. The summed E-state index contributed by atoms with van der Waals surface area (Å²) in [6.07, 6.45) is 0.628. The molecule has 0 fully saturated rings. The van der Waals surface area contributed by atoms with Crippen molar-refractivity contribution in [3.8, 4) is 0 Å². The molecule has 4 heteroatoms. The fourth-order valence-corrected chi connectivity index (χ4v) is 2.45. The van der Waals surface area contributed by atoms with Gasteiger partial charge in [0.2, 0.25) is 0 Å². The van der Waals surface area contributed by atoms with Crippen molar-refractivity contribution in [2.75, 3.05) is 7.11 Å². The van der Waals surface area contributed by atoms with Crippen LogP contribution in [0.1, 0.15) is 45.7 Å². The monoisotopic (exact) mass is 314 g/mol. The first kappa shape index (κ1) is 16.9. The molecule has 23 heavy (non-hydrogen) atoms. The highest BCUT2D eigenvalue weighted by atomic mass is 19.1. The number of methoxy groups -OCH3 is 1. The first-order chi connectivity index (χ1) is 10.9. The summed E-state index contributed by atoms with van der Waals surface area (Å²) in [5.41, 5.74) is 1.55. The molecule has 0 saturated carbocycles. The van der Waals surface area contributed by atoms with E-state index in [2.05, 4.69) is 0 Å². The summed E-state index contributed by atoms with van der Waals surface area (Å²) in [4.78, 5) is 24.4. The summed E-state index contributed by atoms with van der Waals surface area (Å²) in [5, 5.41) is 0. The smallest absolute Gasteiger partial charge is 0.338 e. The van der Waals surface area contributed by atoms with Crippen LogP contribution in [0.15, 0.2) is 42.5 Å². The van der Waals surface area contributed by atoms with Crippen LogP contribution in [0.3, 0.4) is 0 Å². The zero-order chi connectivity index (χ0) is 17.0. The van der Waals surface area contributed by atoms with Gasteiger partial charge in [-0.25, -0.2) is 9.18 Å². The largest absolute Gasteiger partial charge is 0.465 e. The summed E-state index contributed by atoms with van der Waals surface area (Å²) in [6, 6.07) is 10.6. The van der Waals surface area contributed by atoms with Crippen LogP contribution < -0.4 is 0 Å². The average molecular weight is 314 g/mol. The number of halogens is 1. The van der Waals surface area contributed by atoms with Crippen molar-refractivity contribution in [1.29, 1.82) is 0 Å². The zero-order valence-electron chi connectivity index (χ0n) is 13.4. The van der Waals surface area contributed by atoms with E-state index in [0.717, 1.165) is 5.56 Å². The quantitative estimate of drug-likeness (QED) is 0.618. The summed E-state index contributed by atoms with van der Waals surface area (Å²) < 4.78 is 18.6. The molecule has 0 aliphatic heterocycles. The van der Waals surface area contributed by atoms with Crippen LogP contribution >= 0.6 is 0 Å². The lowest BCUT2D eigenvalue weighted by atomic mass is 9.93. The fraction of sp³-hybridized carbons (Fsp3) is 0.263. The van der Waals surface area contributed by atoms with Crippen LogP contribution in [-0.4, -0.2) is 18.9 Å². The van der Waals surface area contributed by atoms with E-state index in [-0.39, 0.29) is 5.56 Å². The number of benzene rings is 2. The Morgan fingerprint density at radius 1 is 1.09 bits per heavy atom. The number of hydrogen-bond acceptors (Lipinski definition) is 3. The molecule has 2 rings (SSSR count). The molecule has 0 amide bonds. The van der Waals surface area contributed by atoms with E-state index in [1.54, 1.807) is 18.2 Å². The number of ketones is 1. The summed E-state index contributed by atoms with van der Waals surface area (Å²) in [7, 11) is 1.32. The zero-order valence-corrected chi connectivity index (χ0v) is 13.4. The van der Waals surface area contributed by atoms with Crippen LogP contribution in [0.5, 0.6) is 0 Å². The van der Waals surface area contributed by atoms with Crippen molar-refractivity contribution in [1.82, 2.24) is 0 Å². The Balaban J connectivity index is 2.46. The van der Waals surface area contributed by atoms with Crippen LogP contribution in [0, 0.1) is 11.7 Å². The molecule has 0 unspecified atom stereocenters. The Labute approximate surface area is 135 Å². The predicted molar refractivity (Wildman–Crippen MR) is 86.2 cm³/mol. The third-order valence-corrected chi connectivity index (χ3v) is 3.52. The number of carbonyl (C=O) groups is 2. The normalized spacial score (nSPS) is 10.7. The number of carbonyl (C=O) groups excluding carboxylic acids is 2. The molecule has 2 aromatic carbocycles. The number of esters is 1. The molecular formula is C19H19FO3. The highest BCUT2D eigenvalue weighted by Crippen LogP contribution is 2.20. The van der Waals surface area contributed by atoms with E-state index < -0.39 is 17.6 Å². The molecule has 0 saturated heterocycles. The Bertz CT molecular complexity index is 735. The van der Waals surface area contributed by atoms with E-state index in [9.17, 15) is 14.0 Å². The van der Waals surface area contributed by atoms with Crippen LogP contribution in [0.4, 0.5) is 4.39 Å². The molecule has 0 heterocycles. The second kappa shape index (κ2) is 7.18. The van der Waals surface area contributed by atoms with Gasteiger partial charge in [-0.2, -0.15) is 0 Å². The Morgan fingerprint density at radius 3 is 2.39 bits per heavy atom. The molecule has 0 aliphatic rings. The lowest BCUT2D eigenvalue weighted by Crippen LogP contribution is -2.11. The van der Waals surface area contributed by atoms with Gasteiger partial charge >= 0.3 is 5.97 Å². The molecule has 0 radical (unpaired) electrons. The third kappa shape index (κ3) is 3.83. The molecule has 0 aliphatic carbocycles. The maximum absolute atomic E-state index is 13.8. The van der Waals surface area contributed by atoms with Crippen molar-refractivity contribution in [3.63, 3.8) is 0 Å². The van der Waals surface area contributed by atoms with Gasteiger partial charge in [0.15, 0.2) is 5.78 Å². The van der Waals surface area contributed by atoms with Gasteiger partial charge in [-0.15, -0.1) is 0 Å². The van der Waals surface area contributed by atoms with Gasteiger partial charge in [0.1, 0.15) is 5.82 Å². The second-order valence-corrected chi connectivity index (χ2v) is 5.77. The van der Waals surface area contributed by atoms with Crippen molar-refractivity contribution in [2.45, 2.75) is 20.3 Å². The lowest BCUT2D eigenvalue weighted by Gasteiger charge is -2.12. The lowest BCUT2D eigenvalue weighted by molar-refractivity contribution is 0.0599. The average Bonchev–Trinajstić information content (AvgIpc) is 2.53. The van der Waals surface area contributed by atoms with Crippen molar-refractivity contribution < 1.29 is 18.7 Å². The SMILES string of the molecule is COC(=O)c1ccc(C(=O)c2ccccc2F)cc1CC(C)C. The van der Waals surface area contributed by atoms with Gasteiger partial charge in [0, 0.05) is 5.56 Å². The molecular weight excluding hydrogens is 295 g/mol. The number of rotatable bonds is 5. The number of hydrogen-bond donors (Lipinski definition) is 0. The minimum absolute atomic E-state index is 0.0221. The molecule has 0 bridgehead atoms. The van der Waals surface area contributed by atoms with Gasteiger partial charge < -0.3 is 4.74 Å². The standard InChI is InChI=1S/C19H19FO3/c1-12(2)10-14-11-13(8-9-15(14)19(22)23-3)18(21)16-6-4-5-7-17(16)20/h4-9,11-12H,10H2,1-3H3. The van der Waals surface area contributed by atoms with Gasteiger partial charge in [0.05, 0.1) is 18.2 Å². The van der Waals surface area contributed by atoms with Crippen molar-refractivity contribution in [3.05, 3.63) is 70.5 Å². The van der Waals surface area contributed by atoms with Gasteiger partial charge in [0.25, 0.3) is 0 Å². The molecule has 0 N–H and O–H groups in total. The van der Waals surface area contributed by atoms with Gasteiger partial charge in [-0.05, 0) is 42.2 Å². The van der Waals surface area contributed by atoms with Gasteiger partial charge in [-0.1, -0.05) is 32.0 Å². The van der Waals surface area contributed by atoms with Crippen molar-refractivity contribution >= 4 is 11.8 Å². The maximum Gasteiger partial charge on any atom is 0.338 e. The van der Waals surface area contributed by atoms with E-state index >= 15 is 0 Å². The van der Waals surface area contributed by atoms with E-state index in [4.69, 9.17) is 4.74 Å². The predicted octanol–water partition coefficient (Wildman–Crippen LogP) is 4.04. The highest BCUT2D eigenvalue weighted by Gasteiger charge is 2.18. The van der Waals surface area contributed by atoms with Gasteiger partial charge in [-0.3, -0.25) is 4.79 Å². The topological polar surface area (TPSA) is 43.4 Å². The number of ether oxygens (including phenoxy) is 1. The molecule has 3 nitrogen and oxygen atoms in total. The molecule has 0 aromatic heterocycles. The van der Waals surface area contributed by atoms with Crippen molar-refractivity contribution in [2.24, 2.45) is 5.92 Å². The first-order valence-electron chi connectivity index (χ1n) is 7.44. The third-order valence-electron chi connectivity index (χ3n) is 3.52. The molecule has 120 valence electrons. The summed E-state index contributed by atoms with van der Waals surface area (Å²) in [5.74, 6) is -1.09. The minimum atomic E-state index is -0.556. The maximum atomic E-state index is 13.8. The molecule has 0 spiro atoms. The summed E-state index contributed by atoms with van der Waals surface area (Å²) >= 11 is 0. The molecule has 0 atom stereocenters. The fourth-order valence-electron chi connectivity index (χ4n) is 2.45. The second-order valence-electron chi connectivity index (χ2n) is 5.77. The van der Waals surface area contributed by atoms with Crippen LogP contribution in [0.25, 0.3) is 0 Å². The Hall–Kier alpha value is -2.49. The Kier molecular flexibility index (Phi) is 5.27. The molecule has 2 aromatic rings. The minimum Gasteiger partial charge on any atom is -0.465 e. The Morgan fingerprint density at radius 2 is 1.78 bits per heavy atom. The van der Waals surface area contributed by atoms with Crippen LogP contribution in [-0.2, 0) is 11.2 Å². The van der Waals surface area contributed by atoms with E-state index in [1.165, 1.54) is 31.4 Å². The summed E-state index contributed by atoms with van der Waals surface area (Å²) in [6.45, 7) is 4.04. The van der Waals surface area contributed by atoms with E-state index in [1.807, 2.05) is 13.8 Å². The van der Waals surface area contributed by atoms with Crippen LogP contribution in [0.2, 0.25) is 0 Å². The van der Waals surface area contributed by atoms with E-state index in [0.29, 0.717) is 23.5 Å². The first-order valence-corrected chi connectivity index (χ1v) is 7.44.